The van der Waals surface area contributed by atoms with E-state index in [-0.39, 0.29) is 5.91 Å². The lowest BCUT2D eigenvalue weighted by Crippen LogP contribution is -2.30. The molecule has 0 bridgehead atoms. The van der Waals surface area contributed by atoms with Crippen LogP contribution in [0.3, 0.4) is 0 Å². The second kappa shape index (κ2) is 7.29. The number of methoxy groups -OCH3 is 1. The number of ether oxygens (including phenoxy) is 1. The Morgan fingerprint density at radius 3 is 2.70 bits per heavy atom. The quantitative estimate of drug-likeness (QED) is 0.590. The Hall–Kier alpha value is -1.63. The Morgan fingerprint density at radius 1 is 1.26 bits per heavy atom. The molecule has 0 N–H and O–H groups in total. The van der Waals surface area contributed by atoms with Crippen LogP contribution < -0.4 is 4.74 Å². The van der Waals surface area contributed by atoms with Crippen molar-refractivity contribution < 1.29 is 9.53 Å². The van der Waals surface area contributed by atoms with E-state index in [1.54, 1.807) is 23.3 Å². The van der Waals surface area contributed by atoms with Crippen LogP contribution in [-0.2, 0) is 11.2 Å². The van der Waals surface area contributed by atoms with Crippen LogP contribution in [0.1, 0.15) is 10.4 Å². The molecule has 3 nitrogen and oxygen atoms in total. The summed E-state index contributed by atoms with van der Waals surface area (Å²) in [5.41, 5.74) is 1.15. The van der Waals surface area contributed by atoms with Crippen molar-refractivity contribution in [1.29, 1.82) is 0 Å². The van der Waals surface area contributed by atoms with Crippen LogP contribution in [-0.4, -0.2) is 28.8 Å². The number of hydrogen-bond donors (Lipinski definition) is 0. The van der Waals surface area contributed by atoms with Gasteiger partial charge in [-0.3, -0.25) is 9.69 Å². The third kappa shape index (κ3) is 3.83. The predicted octanol–water partition coefficient (Wildman–Crippen LogP) is 4.20. The molecule has 1 aliphatic rings. The second-order valence-corrected chi connectivity index (χ2v) is 7.60. The van der Waals surface area contributed by atoms with Crippen molar-refractivity contribution in [3.8, 4) is 5.75 Å². The summed E-state index contributed by atoms with van der Waals surface area (Å²) in [6, 6.07) is 11.8. The van der Waals surface area contributed by atoms with E-state index < -0.39 is 0 Å². The van der Waals surface area contributed by atoms with Gasteiger partial charge in [-0.1, -0.05) is 42.2 Å². The van der Waals surface area contributed by atoms with Gasteiger partial charge in [-0.2, -0.15) is 0 Å². The fourth-order valence-corrected chi connectivity index (χ4v) is 4.26. The highest BCUT2D eigenvalue weighted by Crippen LogP contribution is 2.33. The molecule has 3 rings (SSSR count). The normalized spacial score (nSPS) is 16.4. The Morgan fingerprint density at radius 2 is 2.04 bits per heavy atom. The highest BCUT2D eigenvalue weighted by Gasteiger charge is 2.31. The molecule has 0 spiro atoms. The molecular weight excluding hydrogens is 346 g/mol. The van der Waals surface area contributed by atoms with E-state index in [0.717, 1.165) is 22.6 Å². The summed E-state index contributed by atoms with van der Waals surface area (Å²) < 4.78 is 5.78. The third-order valence-corrected chi connectivity index (χ3v) is 5.67. The fraction of sp³-hybridized carbons (Fsp3) is 0.176. The number of hydrogen-bond acceptors (Lipinski definition) is 5. The zero-order chi connectivity index (χ0) is 16.2. The monoisotopic (exact) mass is 361 g/mol. The number of thiophene rings is 1. The van der Waals surface area contributed by atoms with Gasteiger partial charge in [0.2, 0.25) is 0 Å². The summed E-state index contributed by atoms with van der Waals surface area (Å²) in [7, 11) is 1.65. The summed E-state index contributed by atoms with van der Waals surface area (Å²) in [5.74, 6) is 0.833. The maximum atomic E-state index is 12.5. The van der Waals surface area contributed by atoms with E-state index in [9.17, 15) is 4.79 Å². The second-order valence-electron chi connectivity index (χ2n) is 4.95. The van der Waals surface area contributed by atoms with Crippen LogP contribution >= 0.6 is 35.3 Å². The number of thiocarbonyl (C=S) groups is 1. The molecule has 6 heteroatoms. The van der Waals surface area contributed by atoms with Crippen LogP contribution in [0.25, 0.3) is 6.08 Å². The van der Waals surface area contributed by atoms with Crippen molar-refractivity contribution in [2.24, 2.45) is 0 Å². The van der Waals surface area contributed by atoms with Gasteiger partial charge in [0.25, 0.3) is 5.91 Å². The Kier molecular flexibility index (Phi) is 5.15. The summed E-state index contributed by atoms with van der Waals surface area (Å²) in [6.45, 7) is 0.596. The number of carbonyl (C=O) groups excluding carboxylic acids is 1. The molecule has 0 unspecified atom stereocenters. The summed E-state index contributed by atoms with van der Waals surface area (Å²) in [6.07, 6.45) is 2.68. The highest BCUT2D eigenvalue weighted by molar-refractivity contribution is 8.26. The molecular formula is C17H15NO2S3. The van der Waals surface area contributed by atoms with Gasteiger partial charge in [0.05, 0.1) is 12.0 Å². The van der Waals surface area contributed by atoms with Gasteiger partial charge in [0.15, 0.2) is 0 Å². The van der Waals surface area contributed by atoms with Gasteiger partial charge in [0, 0.05) is 11.4 Å². The van der Waals surface area contributed by atoms with Crippen LogP contribution in [0, 0.1) is 0 Å². The number of carbonyl (C=O) groups is 1. The highest BCUT2D eigenvalue weighted by atomic mass is 32.2. The topological polar surface area (TPSA) is 29.5 Å². The molecule has 2 heterocycles. The molecule has 0 radical (unpaired) electrons. The average Bonchev–Trinajstić information content (AvgIpc) is 3.16. The van der Waals surface area contributed by atoms with E-state index in [1.807, 2.05) is 47.9 Å². The predicted molar refractivity (Wildman–Crippen MR) is 101 cm³/mol. The minimum absolute atomic E-state index is 0.00177. The van der Waals surface area contributed by atoms with E-state index in [2.05, 4.69) is 0 Å². The van der Waals surface area contributed by atoms with Gasteiger partial charge >= 0.3 is 0 Å². The molecule has 0 saturated carbocycles. The average molecular weight is 362 g/mol. The van der Waals surface area contributed by atoms with Crippen molar-refractivity contribution in [2.75, 3.05) is 13.7 Å². The van der Waals surface area contributed by atoms with Crippen molar-refractivity contribution in [3.05, 3.63) is 57.1 Å². The van der Waals surface area contributed by atoms with E-state index in [1.165, 1.54) is 11.8 Å². The summed E-state index contributed by atoms with van der Waals surface area (Å²) in [5, 5.41) is 2.00. The standard InChI is InChI=1S/C17H15NO2S3/c1-20-13-6-4-12(5-7-13)8-9-18-16(19)15(23-17(18)21)11-14-3-2-10-22-14/h2-7,10-11H,8-9H2,1H3. The first kappa shape index (κ1) is 16.2. The number of thioether (sulfide) groups is 1. The smallest absolute Gasteiger partial charge is 0.266 e. The summed E-state index contributed by atoms with van der Waals surface area (Å²) >= 11 is 8.35. The molecule has 23 heavy (non-hydrogen) atoms. The van der Waals surface area contributed by atoms with E-state index in [4.69, 9.17) is 17.0 Å². The maximum absolute atomic E-state index is 12.5. The van der Waals surface area contributed by atoms with Gasteiger partial charge in [0.1, 0.15) is 10.1 Å². The molecule has 1 amide bonds. The maximum Gasteiger partial charge on any atom is 0.266 e. The summed E-state index contributed by atoms with van der Waals surface area (Å²) in [4.78, 5) is 16.0. The molecule has 0 atom stereocenters. The Labute approximate surface area is 149 Å². The van der Waals surface area contributed by atoms with E-state index >= 15 is 0 Å². The Balaban J connectivity index is 1.66. The lowest BCUT2D eigenvalue weighted by atomic mass is 10.1. The molecule has 2 aromatic rings. The van der Waals surface area contributed by atoms with Crippen molar-refractivity contribution in [3.63, 3.8) is 0 Å². The largest absolute Gasteiger partial charge is 0.497 e. The lowest BCUT2D eigenvalue weighted by molar-refractivity contribution is -0.122. The first-order valence-corrected chi connectivity index (χ1v) is 9.19. The molecule has 0 aliphatic carbocycles. The van der Waals surface area contributed by atoms with Crippen LogP contribution in [0.5, 0.6) is 5.75 Å². The van der Waals surface area contributed by atoms with Crippen LogP contribution in [0.2, 0.25) is 0 Å². The fourth-order valence-electron chi connectivity index (χ4n) is 2.23. The molecule has 1 aliphatic heterocycles. The van der Waals surface area contributed by atoms with E-state index in [0.29, 0.717) is 15.8 Å². The number of nitrogens with zero attached hydrogens (tertiary/aromatic N) is 1. The van der Waals surface area contributed by atoms with Crippen LogP contribution in [0.4, 0.5) is 0 Å². The van der Waals surface area contributed by atoms with Gasteiger partial charge < -0.3 is 4.74 Å². The van der Waals surface area contributed by atoms with Gasteiger partial charge in [-0.25, -0.2) is 0 Å². The number of amides is 1. The number of benzene rings is 1. The van der Waals surface area contributed by atoms with Crippen molar-refractivity contribution in [2.45, 2.75) is 6.42 Å². The molecule has 1 fully saturated rings. The zero-order valence-corrected chi connectivity index (χ0v) is 15.0. The molecule has 1 saturated heterocycles. The molecule has 1 aromatic carbocycles. The minimum atomic E-state index is 0.00177. The molecule has 118 valence electrons. The minimum Gasteiger partial charge on any atom is -0.497 e. The first-order valence-electron chi connectivity index (χ1n) is 7.09. The van der Waals surface area contributed by atoms with Gasteiger partial charge in [-0.05, 0) is 41.6 Å². The molecule has 1 aromatic heterocycles. The van der Waals surface area contributed by atoms with Crippen molar-refractivity contribution in [1.82, 2.24) is 4.90 Å². The van der Waals surface area contributed by atoms with Gasteiger partial charge in [-0.15, -0.1) is 11.3 Å². The SMILES string of the molecule is COc1ccc(CCN2C(=O)C(=Cc3cccs3)SC2=S)cc1. The number of rotatable bonds is 5. The zero-order valence-electron chi connectivity index (χ0n) is 12.5. The van der Waals surface area contributed by atoms with Crippen molar-refractivity contribution >= 4 is 51.6 Å². The lowest BCUT2D eigenvalue weighted by Gasteiger charge is -2.14. The first-order chi connectivity index (χ1) is 11.2. The van der Waals surface area contributed by atoms with Crippen LogP contribution in [0.15, 0.2) is 46.7 Å². The Bertz CT molecular complexity index is 736. The third-order valence-electron chi connectivity index (χ3n) is 3.47.